The van der Waals surface area contributed by atoms with E-state index in [9.17, 15) is 13.2 Å². The van der Waals surface area contributed by atoms with Crippen molar-refractivity contribution in [3.8, 4) is 0 Å². The highest BCUT2D eigenvalue weighted by Gasteiger charge is 2.26. The predicted molar refractivity (Wildman–Crippen MR) is 90.2 cm³/mol. The lowest BCUT2D eigenvalue weighted by atomic mass is 9.98. The molecule has 0 bridgehead atoms. The monoisotopic (exact) mass is 371 g/mol. The van der Waals surface area contributed by atoms with Crippen LogP contribution in [0.1, 0.15) is 22.5 Å². The normalized spacial score (nSPS) is 19.0. The molecule has 1 amide bonds. The number of hydrogen-bond donors (Lipinski definition) is 1. The molecule has 0 radical (unpaired) electrons. The third-order valence-electron chi connectivity index (χ3n) is 3.77. The molecule has 1 atom stereocenters. The molecule has 6 nitrogen and oxygen atoms in total. The van der Waals surface area contributed by atoms with Crippen molar-refractivity contribution < 1.29 is 13.2 Å². The van der Waals surface area contributed by atoms with Crippen molar-refractivity contribution >= 4 is 38.6 Å². The summed E-state index contributed by atoms with van der Waals surface area (Å²) in [7, 11) is -3.44. The zero-order chi connectivity index (χ0) is 16.3. The zero-order valence-corrected chi connectivity index (χ0v) is 14.8. The third kappa shape index (κ3) is 3.97. The molecule has 1 saturated heterocycles. The van der Waals surface area contributed by atoms with E-state index in [1.165, 1.54) is 22.7 Å². The van der Waals surface area contributed by atoms with Gasteiger partial charge in [-0.3, -0.25) is 9.78 Å². The predicted octanol–water partition coefficient (Wildman–Crippen LogP) is 2.04. The molecule has 0 aliphatic carbocycles. The van der Waals surface area contributed by atoms with Gasteiger partial charge in [0.25, 0.3) is 5.91 Å². The largest absolute Gasteiger partial charge is 0.338 e. The summed E-state index contributed by atoms with van der Waals surface area (Å²) in [6, 6.07) is 3.31. The molecule has 2 aromatic heterocycles. The standard InChI is InChI=1S/C14H17N3O3S3/c18-14(12-8-15-10-22-12)17-5-1-3-11(9-17)7-16-23(19,20)13-4-2-6-21-13/h2,4,6,8,10-11,16H,1,3,5,7,9H2. The fraction of sp³-hybridized carbons (Fsp3) is 0.429. The Labute approximate surface area is 143 Å². The third-order valence-corrected chi connectivity index (χ3v) is 7.35. The van der Waals surface area contributed by atoms with Gasteiger partial charge in [0.05, 0.1) is 11.7 Å². The average molecular weight is 372 g/mol. The summed E-state index contributed by atoms with van der Waals surface area (Å²) >= 11 is 2.53. The number of sulfonamides is 1. The molecule has 0 spiro atoms. The first-order chi connectivity index (χ1) is 11.1. The molecule has 9 heteroatoms. The molecule has 3 rings (SSSR count). The number of amides is 1. The number of aromatic nitrogens is 1. The fourth-order valence-corrected chi connectivity index (χ4v) is 5.35. The van der Waals surface area contributed by atoms with Crippen LogP contribution in [0.4, 0.5) is 0 Å². The van der Waals surface area contributed by atoms with Gasteiger partial charge in [-0.2, -0.15) is 0 Å². The van der Waals surface area contributed by atoms with Gasteiger partial charge >= 0.3 is 0 Å². The number of thiazole rings is 1. The first-order valence-electron chi connectivity index (χ1n) is 7.27. The fourth-order valence-electron chi connectivity index (χ4n) is 2.61. The summed E-state index contributed by atoms with van der Waals surface area (Å²) in [5.74, 6) is 0.119. The van der Waals surface area contributed by atoms with Crippen molar-refractivity contribution in [1.82, 2.24) is 14.6 Å². The molecule has 1 N–H and O–H groups in total. The molecular weight excluding hydrogens is 354 g/mol. The summed E-state index contributed by atoms with van der Waals surface area (Å²) in [4.78, 5) is 18.7. The van der Waals surface area contributed by atoms with Crippen LogP contribution in [-0.4, -0.2) is 43.8 Å². The van der Waals surface area contributed by atoms with Crippen LogP contribution in [0.15, 0.2) is 33.4 Å². The van der Waals surface area contributed by atoms with Gasteiger partial charge in [-0.15, -0.1) is 22.7 Å². The van der Waals surface area contributed by atoms with E-state index in [0.717, 1.165) is 12.8 Å². The number of nitrogens with zero attached hydrogens (tertiary/aromatic N) is 2. The van der Waals surface area contributed by atoms with E-state index >= 15 is 0 Å². The Bertz CT molecular complexity index is 742. The van der Waals surface area contributed by atoms with Gasteiger partial charge in [-0.05, 0) is 30.2 Å². The summed E-state index contributed by atoms with van der Waals surface area (Å²) in [5.41, 5.74) is 1.64. The number of nitrogens with one attached hydrogen (secondary N) is 1. The topological polar surface area (TPSA) is 79.4 Å². The lowest BCUT2D eigenvalue weighted by Crippen LogP contribution is -2.43. The lowest BCUT2D eigenvalue weighted by molar-refractivity contribution is 0.0681. The Morgan fingerprint density at radius 2 is 2.30 bits per heavy atom. The second kappa shape index (κ2) is 7.08. The Morgan fingerprint density at radius 1 is 1.43 bits per heavy atom. The van der Waals surface area contributed by atoms with Crippen molar-refractivity contribution in [2.24, 2.45) is 5.92 Å². The van der Waals surface area contributed by atoms with Crippen LogP contribution in [0.5, 0.6) is 0 Å². The van der Waals surface area contributed by atoms with Gasteiger partial charge in [-0.1, -0.05) is 6.07 Å². The van der Waals surface area contributed by atoms with Gasteiger partial charge in [-0.25, -0.2) is 13.1 Å². The maximum atomic E-state index is 12.4. The van der Waals surface area contributed by atoms with Crippen molar-refractivity contribution in [1.29, 1.82) is 0 Å². The molecular formula is C14H17N3O3S3. The van der Waals surface area contributed by atoms with Gasteiger partial charge in [0.15, 0.2) is 0 Å². The van der Waals surface area contributed by atoms with E-state index in [1.54, 1.807) is 34.1 Å². The Balaban J connectivity index is 1.58. The SMILES string of the molecule is O=C(c1cncs1)N1CCCC(CNS(=O)(=O)c2cccs2)C1. The smallest absolute Gasteiger partial charge is 0.265 e. The van der Waals surface area contributed by atoms with Crippen molar-refractivity contribution in [3.63, 3.8) is 0 Å². The first kappa shape index (κ1) is 16.6. The number of hydrogen-bond acceptors (Lipinski definition) is 6. The molecule has 1 aliphatic heterocycles. The van der Waals surface area contributed by atoms with Gasteiger partial charge in [0.2, 0.25) is 10.0 Å². The molecule has 0 saturated carbocycles. The molecule has 23 heavy (non-hydrogen) atoms. The molecule has 1 unspecified atom stereocenters. The van der Waals surface area contributed by atoms with E-state index < -0.39 is 10.0 Å². The summed E-state index contributed by atoms with van der Waals surface area (Å²) in [6.45, 7) is 1.64. The van der Waals surface area contributed by atoms with Crippen LogP contribution in [0.25, 0.3) is 0 Å². The minimum absolute atomic E-state index is 0.0155. The van der Waals surface area contributed by atoms with Crippen molar-refractivity contribution in [2.45, 2.75) is 17.1 Å². The maximum absolute atomic E-state index is 12.4. The second-order valence-corrected chi connectivity index (χ2v) is 9.24. The highest BCUT2D eigenvalue weighted by atomic mass is 32.2. The lowest BCUT2D eigenvalue weighted by Gasteiger charge is -2.32. The number of thiophene rings is 1. The first-order valence-corrected chi connectivity index (χ1v) is 10.5. The Kier molecular flexibility index (Phi) is 5.10. The van der Waals surface area contributed by atoms with Crippen LogP contribution in [0.2, 0.25) is 0 Å². The zero-order valence-electron chi connectivity index (χ0n) is 12.3. The van der Waals surface area contributed by atoms with Gasteiger partial charge in [0, 0.05) is 19.6 Å². The van der Waals surface area contributed by atoms with E-state index in [1.807, 2.05) is 0 Å². The molecule has 1 aliphatic rings. The molecule has 0 aromatic carbocycles. The van der Waals surface area contributed by atoms with Crippen LogP contribution < -0.4 is 4.72 Å². The number of rotatable bonds is 5. The number of carbonyl (C=O) groups excluding carboxylic acids is 1. The molecule has 1 fully saturated rings. The molecule has 3 heterocycles. The Morgan fingerprint density at radius 3 is 3.00 bits per heavy atom. The quantitative estimate of drug-likeness (QED) is 0.872. The summed E-state index contributed by atoms with van der Waals surface area (Å²) < 4.78 is 27.3. The number of carbonyl (C=O) groups is 1. The minimum Gasteiger partial charge on any atom is -0.338 e. The highest BCUT2D eigenvalue weighted by molar-refractivity contribution is 7.91. The number of piperidine rings is 1. The van der Waals surface area contributed by atoms with Crippen LogP contribution in [0.3, 0.4) is 0 Å². The van der Waals surface area contributed by atoms with Crippen LogP contribution >= 0.6 is 22.7 Å². The summed E-state index contributed by atoms with van der Waals surface area (Å²) in [6.07, 6.45) is 3.38. The summed E-state index contributed by atoms with van der Waals surface area (Å²) in [5, 5.41) is 1.74. The van der Waals surface area contributed by atoms with E-state index in [-0.39, 0.29) is 11.8 Å². The Hall–Kier alpha value is -1.29. The van der Waals surface area contributed by atoms with Crippen LogP contribution in [0, 0.1) is 5.92 Å². The highest BCUT2D eigenvalue weighted by Crippen LogP contribution is 2.21. The van der Waals surface area contributed by atoms with Crippen LogP contribution in [-0.2, 0) is 10.0 Å². The minimum atomic E-state index is -3.44. The van der Waals surface area contributed by atoms with E-state index in [2.05, 4.69) is 9.71 Å². The maximum Gasteiger partial charge on any atom is 0.265 e. The van der Waals surface area contributed by atoms with Gasteiger partial charge in [0.1, 0.15) is 9.09 Å². The molecule has 2 aromatic rings. The second-order valence-electron chi connectivity index (χ2n) is 5.41. The number of likely N-dealkylation sites (tertiary alicyclic amines) is 1. The van der Waals surface area contributed by atoms with Gasteiger partial charge < -0.3 is 4.90 Å². The van der Waals surface area contributed by atoms with Crippen molar-refractivity contribution in [3.05, 3.63) is 34.1 Å². The average Bonchev–Trinajstić information content (AvgIpc) is 3.25. The van der Waals surface area contributed by atoms with E-state index in [4.69, 9.17) is 0 Å². The van der Waals surface area contributed by atoms with Crippen molar-refractivity contribution in [2.75, 3.05) is 19.6 Å². The molecule has 124 valence electrons. The van der Waals surface area contributed by atoms with E-state index in [0.29, 0.717) is 28.7 Å².